The van der Waals surface area contributed by atoms with E-state index >= 15 is 0 Å². The van der Waals surface area contributed by atoms with E-state index in [9.17, 15) is 4.79 Å². The van der Waals surface area contributed by atoms with Gasteiger partial charge in [0.05, 0.1) is 5.92 Å². The molecule has 2 radical (unpaired) electrons. The first-order valence-electron chi connectivity index (χ1n) is 9.40. The lowest BCUT2D eigenvalue weighted by Gasteiger charge is -2.41. The smallest absolute Gasteiger partial charge is 0.239 e. The molecule has 0 bridgehead atoms. The Balaban J connectivity index is 1.82. The summed E-state index contributed by atoms with van der Waals surface area (Å²) in [6.45, 7) is 1.91. The monoisotopic (exact) mass is 380 g/mol. The molecule has 0 spiro atoms. The number of nitrogens with zero attached hydrogens (tertiary/aromatic N) is 3. The fraction of sp³-hybridized carbons (Fsp3) is 0.174. The summed E-state index contributed by atoms with van der Waals surface area (Å²) < 4.78 is 0. The number of nitrogens with two attached hydrogens (primary N) is 1. The van der Waals surface area contributed by atoms with Crippen LogP contribution in [-0.4, -0.2) is 36.6 Å². The molecule has 29 heavy (non-hydrogen) atoms. The molecule has 142 valence electrons. The molecule has 3 aromatic rings. The molecule has 1 aromatic heterocycles. The van der Waals surface area contributed by atoms with Gasteiger partial charge in [-0.15, -0.1) is 0 Å². The van der Waals surface area contributed by atoms with Crippen LogP contribution in [0.15, 0.2) is 77.9 Å². The summed E-state index contributed by atoms with van der Waals surface area (Å²) in [7, 11) is 7.55. The van der Waals surface area contributed by atoms with Crippen LogP contribution < -0.4 is 11.3 Å². The molecule has 2 heterocycles. The quantitative estimate of drug-likeness (QED) is 0.709. The van der Waals surface area contributed by atoms with Crippen molar-refractivity contribution in [1.82, 2.24) is 9.88 Å². The van der Waals surface area contributed by atoms with Gasteiger partial charge in [0.1, 0.15) is 13.4 Å². The Morgan fingerprint density at radius 3 is 2.34 bits per heavy atom. The van der Waals surface area contributed by atoms with Crippen molar-refractivity contribution in [2.75, 3.05) is 7.05 Å². The van der Waals surface area contributed by atoms with Gasteiger partial charge in [-0.1, -0.05) is 54.6 Å². The van der Waals surface area contributed by atoms with Crippen LogP contribution in [-0.2, 0) is 10.3 Å². The maximum Gasteiger partial charge on any atom is 0.239 e. The Labute approximate surface area is 171 Å². The minimum Gasteiger partial charge on any atom is -0.369 e. The van der Waals surface area contributed by atoms with Gasteiger partial charge in [0.15, 0.2) is 5.96 Å². The summed E-state index contributed by atoms with van der Waals surface area (Å²) in [5.74, 6) is -0.459. The second kappa shape index (κ2) is 7.20. The second-order valence-electron chi connectivity index (χ2n) is 7.41. The fourth-order valence-corrected chi connectivity index (χ4v) is 3.88. The van der Waals surface area contributed by atoms with E-state index < -0.39 is 11.5 Å². The number of carbonyl (C=O) groups is 1. The zero-order chi connectivity index (χ0) is 20.6. The molecule has 1 aliphatic heterocycles. The van der Waals surface area contributed by atoms with Crippen molar-refractivity contribution in [3.8, 4) is 11.1 Å². The van der Waals surface area contributed by atoms with Gasteiger partial charge >= 0.3 is 0 Å². The largest absolute Gasteiger partial charge is 0.369 e. The number of hydrogen-bond acceptors (Lipinski definition) is 4. The molecule has 2 N–H and O–H groups in total. The number of guanidine groups is 1. The number of aliphatic imine (C=N–C) groups is 1. The van der Waals surface area contributed by atoms with E-state index in [1.165, 1.54) is 4.90 Å². The van der Waals surface area contributed by atoms with E-state index in [0.717, 1.165) is 22.3 Å². The molecule has 0 saturated heterocycles. The fourth-order valence-electron chi connectivity index (χ4n) is 3.88. The van der Waals surface area contributed by atoms with E-state index in [2.05, 4.69) is 17.1 Å². The summed E-state index contributed by atoms with van der Waals surface area (Å²) in [4.78, 5) is 23.5. The highest BCUT2D eigenvalue weighted by Crippen LogP contribution is 2.43. The number of carbonyl (C=O) groups excluding carboxylic acids is 1. The van der Waals surface area contributed by atoms with E-state index in [1.54, 1.807) is 19.3 Å². The number of aromatic nitrogens is 1. The van der Waals surface area contributed by atoms with E-state index in [-0.39, 0.29) is 11.9 Å². The molecule has 6 heteroatoms. The van der Waals surface area contributed by atoms with Crippen molar-refractivity contribution in [2.24, 2.45) is 10.7 Å². The Kier molecular flexibility index (Phi) is 4.70. The number of amides is 1. The molecule has 0 saturated carbocycles. The second-order valence-corrected chi connectivity index (χ2v) is 7.41. The Bertz CT molecular complexity index is 1080. The lowest BCUT2D eigenvalue weighted by molar-refractivity contribution is -0.130. The molecule has 0 fully saturated rings. The summed E-state index contributed by atoms with van der Waals surface area (Å²) in [5.41, 5.74) is 9.43. The van der Waals surface area contributed by atoms with Crippen molar-refractivity contribution in [1.29, 1.82) is 0 Å². The third-order valence-corrected chi connectivity index (χ3v) is 5.55. The molecular weight excluding hydrogens is 359 g/mol. The van der Waals surface area contributed by atoms with Crippen molar-refractivity contribution in [2.45, 2.75) is 18.4 Å². The number of likely N-dealkylation sites (N-methyl/N-ethyl adjacent to an activating group) is 1. The minimum atomic E-state index is -0.890. The molecule has 1 amide bonds. The molecule has 2 atom stereocenters. The van der Waals surface area contributed by atoms with Crippen LogP contribution in [0, 0.1) is 0 Å². The number of hydrogen-bond donors (Lipinski definition) is 1. The van der Waals surface area contributed by atoms with Crippen LogP contribution in [0.25, 0.3) is 11.1 Å². The van der Waals surface area contributed by atoms with Crippen molar-refractivity contribution in [3.05, 3.63) is 84.1 Å². The van der Waals surface area contributed by atoms with Gasteiger partial charge in [0.2, 0.25) is 5.91 Å². The van der Waals surface area contributed by atoms with Crippen LogP contribution >= 0.6 is 0 Å². The van der Waals surface area contributed by atoms with E-state index in [0.29, 0.717) is 5.59 Å². The van der Waals surface area contributed by atoms with Gasteiger partial charge in [-0.3, -0.25) is 14.7 Å². The van der Waals surface area contributed by atoms with Crippen molar-refractivity contribution >= 4 is 25.3 Å². The SMILES string of the molecule is [B]c1cc([C@@]2(C)N=C(N)N(C)C(=O)[C@@H]2c2ccc(-c3ccccc3)cc2)ccn1. The van der Waals surface area contributed by atoms with Crippen LogP contribution in [0.5, 0.6) is 0 Å². The third kappa shape index (κ3) is 3.31. The predicted octanol–water partition coefficient (Wildman–Crippen LogP) is 2.33. The predicted molar refractivity (Wildman–Crippen MR) is 116 cm³/mol. The van der Waals surface area contributed by atoms with Gasteiger partial charge in [-0.2, -0.15) is 0 Å². The van der Waals surface area contributed by atoms with Crippen LogP contribution in [0.2, 0.25) is 0 Å². The molecule has 0 unspecified atom stereocenters. The molecule has 2 aromatic carbocycles. The average molecular weight is 380 g/mol. The maximum atomic E-state index is 13.3. The number of rotatable bonds is 3. The Morgan fingerprint density at radius 1 is 1.03 bits per heavy atom. The molecule has 1 aliphatic rings. The lowest BCUT2D eigenvalue weighted by Crippen LogP contribution is -2.52. The normalized spacial score (nSPS) is 21.7. The van der Waals surface area contributed by atoms with Gasteiger partial charge in [0.25, 0.3) is 0 Å². The van der Waals surface area contributed by atoms with Crippen molar-refractivity contribution < 1.29 is 4.79 Å². The highest BCUT2D eigenvalue weighted by molar-refractivity contribution is 6.30. The molecule has 0 aliphatic carbocycles. The number of benzene rings is 2. The standard InChI is InChI=1S/C23H21BN4O/c1-23(18-12-13-26-19(24)14-18)20(21(29)28(2)22(25)27-23)17-10-8-16(9-11-17)15-6-4-3-5-7-15/h3-14,20H,1-2H3,(H2,25,27)/t20-,23+/m0/s1. The van der Waals surface area contributed by atoms with E-state index in [4.69, 9.17) is 18.6 Å². The van der Waals surface area contributed by atoms with Crippen LogP contribution in [0.4, 0.5) is 0 Å². The van der Waals surface area contributed by atoms with Gasteiger partial charge < -0.3 is 5.73 Å². The average Bonchev–Trinajstić information content (AvgIpc) is 2.73. The zero-order valence-corrected chi connectivity index (χ0v) is 16.4. The molecule has 4 rings (SSSR count). The maximum absolute atomic E-state index is 13.3. The minimum absolute atomic E-state index is 0.108. The first kappa shape index (κ1) is 18.9. The lowest BCUT2D eigenvalue weighted by atomic mass is 9.74. The summed E-state index contributed by atoms with van der Waals surface area (Å²) >= 11 is 0. The summed E-state index contributed by atoms with van der Waals surface area (Å²) in [6, 6.07) is 21.7. The van der Waals surface area contributed by atoms with Crippen LogP contribution in [0.3, 0.4) is 0 Å². The molecular formula is C23H21BN4O. The third-order valence-electron chi connectivity index (χ3n) is 5.55. The number of pyridine rings is 1. The van der Waals surface area contributed by atoms with Crippen molar-refractivity contribution in [3.63, 3.8) is 0 Å². The zero-order valence-electron chi connectivity index (χ0n) is 16.4. The molecule has 5 nitrogen and oxygen atoms in total. The van der Waals surface area contributed by atoms with Gasteiger partial charge in [0, 0.05) is 13.2 Å². The highest BCUT2D eigenvalue weighted by atomic mass is 16.2. The Hall–Kier alpha value is -3.41. The van der Waals surface area contributed by atoms with Gasteiger partial charge in [-0.25, -0.2) is 4.99 Å². The topological polar surface area (TPSA) is 71.6 Å². The van der Waals surface area contributed by atoms with Crippen LogP contribution in [0.1, 0.15) is 24.0 Å². The Morgan fingerprint density at radius 2 is 1.69 bits per heavy atom. The first-order chi connectivity index (χ1) is 13.9. The summed E-state index contributed by atoms with van der Waals surface area (Å²) in [6.07, 6.45) is 1.62. The van der Waals surface area contributed by atoms with Gasteiger partial charge in [-0.05, 0) is 46.9 Å². The first-order valence-corrected chi connectivity index (χ1v) is 9.40. The summed E-state index contributed by atoms with van der Waals surface area (Å²) in [5, 5.41) is 0. The highest BCUT2D eigenvalue weighted by Gasteiger charge is 2.47. The van der Waals surface area contributed by atoms with E-state index in [1.807, 2.05) is 55.5 Å².